The Morgan fingerprint density at radius 1 is 1.15 bits per heavy atom. The van der Waals surface area contributed by atoms with E-state index in [0.29, 0.717) is 23.9 Å². The second-order valence-electron chi connectivity index (χ2n) is 5.11. The monoisotopic (exact) mass is 335 g/mol. The third-order valence-corrected chi connectivity index (χ3v) is 5.81. The van der Waals surface area contributed by atoms with Crippen LogP contribution in [0.5, 0.6) is 0 Å². The number of sulfonamides is 1. The maximum Gasteiger partial charge on any atom is 0.214 e. The highest BCUT2D eigenvalue weighted by molar-refractivity contribution is 7.89. The average Bonchev–Trinajstić information content (AvgIpc) is 3.22. The summed E-state index contributed by atoms with van der Waals surface area (Å²) in [7, 11) is -3.20. The lowest BCUT2D eigenvalue weighted by Gasteiger charge is -2.22. The lowest BCUT2D eigenvalue weighted by atomic mass is 10.2. The molecule has 2 rings (SSSR count). The molecule has 1 aromatic rings. The number of alkyl halides is 1. The standard InChI is InChI=1S/C14H19Cl2NO2S/c15-9-1-2-10-20(18,19)17(14-7-8-14)11-12-3-5-13(16)6-4-12/h3-6,14H,1-2,7-11H2. The van der Waals surface area contributed by atoms with Gasteiger partial charge in [0.1, 0.15) is 0 Å². The van der Waals surface area contributed by atoms with Gasteiger partial charge in [0.25, 0.3) is 0 Å². The van der Waals surface area contributed by atoms with Gasteiger partial charge in [0.15, 0.2) is 0 Å². The summed E-state index contributed by atoms with van der Waals surface area (Å²) in [6.07, 6.45) is 3.28. The van der Waals surface area contributed by atoms with Crippen LogP contribution in [0.15, 0.2) is 24.3 Å². The van der Waals surface area contributed by atoms with Crippen molar-refractivity contribution in [2.45, 2.75) is 38.3 Å². The van der Waals surface area contributed by atoms with Crippen LogP contribution < -0.4 is 0 Å². The molecule has 0 saturated heterocycles. The largest absolute Gasteiger partial charge is 0.214 e. The Morgan fingerprint density at radius 3 is 2.35 bits per heavy atom. The van der Waals surface area contributed by atoms with Crippen molar-refractivity contribution in [2.75, 3.05) is 11.6 Å². The first-order valence-electron chi connectivity index (χ1n) is 6.83. The van der Waals surface area contributed by atoms with E-state index in [-0.39, 0.29) is 11.8 Å². The Hall–Kier alpha value is -0.290. The molecular weight excluding hydrogens is 317 g/mol. The van der Waals surface area contributed by atoms with Crippen LogP contribution in [0.25, 0.3) is 0 Å². The number of unbranched alkanes of at least 4 members (excludes halogenated alkanes) is 1. The van der Waals surface area contributed by atoms with Gasteiger partial charge in [-0.1, -0.05) is 23.7 Å². The summed E-state index contributed by atoms with van der Waals surface area (Å²) in [6, 6.07) is 7.52. The highest BCUT2D eigenvalue weighted by atomic mass is 35.5. The third kappa shape index (κ3) is 4.62. The van der Waals surface area contributed by atoms with Crippen LogP contribution in [0, 0.1) is 0 Å². The number of benzene rings is 1. The SMILES string of the molecule is O=S(=O)(CCCCCl)N(Cc1ccc(Cl)cc1)C1CC1. The molecule has 0 unspecified atom stereocenters. The van der Waals surface area contributed by atoms with Crippen molar-refractivity contribution in [3.05, 3.63) is 34.9 Å². The van der Waals surface area contributed by atoms with Gasteiger partial charge in [-0.15, -0.1) is 11.6 Å². The molecule has 0 spiro atoms. The molecule has 0 heterocycles. The first kappa shape index (κ1) is 16.1. The van der Waals surface area contributed by atoms with Crippen molar-refractivity contribution < 1.29 is 8.42 Å². The van der Waals surface area contributed by atoms with Gasteiger partial charge in [-0.2, -0.15) is 4.31 Å². The highest BCUT2D eigenvalue weighted by Crippen LogP contribution is 2.31. The molecule has 0 amide bonds. The topological polar surface area (TPSA) is 37.4 Å². The molecule has 0 radical (unpaired) electrons. The summed E-state index contributed by atoms with van der Waals surface area (Å²) >= 11 is 11.5. The van der Waals surface area contributed by atoms with Crippen molar-refractivity contribution in [1.29, 1.82) is 0 Å². The molecule has 112 valence electrons. The van der Waals surface area contributed by atoms with E-state index in [2.05, 4.69) is 0 Å². The van der Waals surface area contributed by atoms with E-state index in [4.69, 9.17) is 23.2 Å². The van der Waals surface area contributed by atoms with Crippen molar-refractivity contribution in [2.24, 2.45) is 0 Å². The fourth-order valence-electron chi connectivity index (χ4n) is 2.08. The van der Waals surface area contributed by atoms with Crippen molar-refractivity contribution >= 4 is 33.2 Å². The normalized spacial score (nSPS) is 15.8. The fraction of sp³-hybridized carbons (Fsp3) is 0.571. The van der Waals surface area contributed by atoms with E-state index in [1.54, 1.807) is 16.4 Å². The van der Waals surface area contributed by atoms with Crippen molar-refractivity contribution in [3.63, 3.8) is 0 Å². The van der Waals surface area contributed by atoms with Gasteiger partial charge in [-0.05, 0) is 43.4 Å². The molecule has 1 aromatic carbocycles. The number of nitrogens with zero attached hydrogens (tertiary/aromatic N) is 1. The van der Waals surface area contributed by atoms with Gasteiger partial charge in [0.2, 0.25) is 10.0 Å². The Bertz CT molecular complexity index is 527. The van der Waals surface area contributed by atoms with Gasteiger partial charge in [0.05, 0.1) is 5.75 Å². The second kappa shape index (κ2) is 7.12. The summed E-state index contributed by atoms with van der Waals surface area (Å²) in [5, 5.41) is 0.664. The van der Waals surface area contributed by atoms with Crippen LogP contribution >= 0.6 is 23.2 Å². The first-order valence-corrected chi connectivity index (χ1v) is 9.35. The Morgan fingerprint density at radius 2 is 1.80 bits per heavy atom. The van der Waals surface area contributed by atoms with Gasteiger partial charge in [-0.25, -0.2) is 8.42 Å². The zero-order valence-electron chi connectivity index (χ0n) is 11.3. The molecule has 0 atom stereocenters. The van der Waals surface area contributed by atoms with E-state index in [9.17, 15) is 8.42 Å². The smallest absolute Gasteiger partial charge is 0.212 e. The first-order chi connectivity index (χ1) is 9.53. The maximum absolute atomic E-state index is 12.4. The van der Waals surface area contributed by atoms with Crippen LogP contribution in [0.1, 0.15) is 31.2 Å². The third-order valence-electron chi connectivity index (χ3n) is 3.35. The van der Waals surface area contributed by atoms with E-state index in [1.165, 1.54) is 0 Å². The molecule has 0 aliphatic heterocycles. The lowest BCUT2D eigenvalue weighted by molar-refractivity contribution is 0.398. The predicted molar refractivity (Wildman–Crippen MR) is 83.8 cm³/mol. The average molecular weight is 336 g/mol. The van der Waals surface area contributed by atoms with E-state index >= 15 is 0 Å². The molecule has 3 nitrogen and oxygen atoms in total. The zero-order chi connectivity index (χ0) is 14.6. The fourth-order valence-corrected chi connectivity index (χ4v) is 4.21. The Kier molecular flexibility index (Phi) is 5.73. The molecule has 6 heteroatoms. The Labute approximate surface area is 130 Å². The van der Waals surface area contributed by atoms with Crippen LogP contribution in [-0.4, -0.2) is 30.4 Å². The molecule has 20 heavy (non-hydrogen) atoms. The summed E-state index contributed by atoms with van der Waals surface area (Å²) < 4.78 is 26.5. The molecule has 1 aliphatic carbocycles. The van der Waals surface area contributed by atoms with Gasteiger partial charge in [0, 0.05) is 23.5 Å². The zero-order valence-corrected chi connectivity index (χ0v) is 13.6. The van der Waals surface area contributed by atoms with Gasteiger partial charge < -0.3 is 0 Å². The van der Waals surface area contributed by atoms with Crippen LogP contribution in [0.2, 0.25) is 5.02 Å². The maximum atomic E-state index is 12.4. The molecule has 0 N–H and O–H groups in total. The molecule has 1 fully saturated rings. The summed E-state index contributed by atoms with van der Waals surface area (Å²) in [5.41, 5.74) is 0.974. The summed E-state index contributed by atoms with van der Waals surface area (Å²) in [4.78, 5) is 0. The predicted octanol–water partition coefficient (Wildman–Crippen LogP) is 3.65. The van der Waals surface area contributed by atoms with Crippen LogP contribution in [0.4, 0.5) is 0 Å². The number of hydrogen-bond acceptors (Lipinski definition) is 2. The lowest BCUT2D eigenvalue weighted by Crippen LogP contribution is -2.34. The second-order valence-corrected chi connectivity index (χ2v) is 7.97. The van der Waals surface area contributed by atoms with Crippen LogP contribution in [-0.2, 0) is 16.6 Å². The van der Waals surface area contributed by atoms with Crippen molar-refractivity contribution in [3.8, 4) is 0 Å². The minimum atomic E-state index is -3.20. The quantitative estimate of drug-likeness (QED) is 0.537. The van der Waals surface area contributed by atoms with E-state index < -0.39 is 10.0 Å². The van der Waals surface area contributed by atoms with E-state index in [0.717, 1.165) is 24.8 Å². The minimum absolute atomic E-state index is 0.173. The van der Waals surface area contributed by atoms with Crippen molar-refractivity contribution in [1.82, 2.24) is 4.31 Å². The molecular formula is C14H19Cl2NO2S. The summed E-state index contributed by atoms with van der Waals surface area (Å²) in [5.74, 6) is 0.694. The minimum Gasteiger partial charge on any atom is -0.212 e. The molecule has 0 bridgehead atoms. The Balaban J connectivity index is 2.05. The van der Waals surface area contributed by atoms with Gasteiger partial charge >= 0.3 is 0 Å². The molecule has 0 aromatic heterocycles. The van der Waals surface area contributed by atoms with Gasteiger partial charge in [-0.3, -0.25) is 0 Å². The summed E-state index contributed by atoms with van der Waals surface area (Å²) in [6.45, 7) is 0.436. The highest BCUT2D eigenvalue weighted by Gasteiger charge is 2.36. The number of rotatable bonds is 8. The van der Waals surface area contributed by atoms with E-state index in [1.807, 2.05) is 12.1 Å². The molecule has 1 saturated carbocycles. The number of hydrogen-bond donors (Lipinski definition) is 0. The molecule has 1 aliphatic rings. The number of halogens is 2. The van der Waals surface area contributed by atoms with Crippen LogP contribution in [0.3, 0.4) is 0 Å².